The van der Waals surface area contributed by atoms with Gasteiger partial charge in [-0.1, -0.05) is 49.6 Å². The average Bonchev–Trinajstić information content (AvgIpc) is 2.73. The summed E-state index contributed by atoms with van der Waals surface area (Å²) in [6.07, 6.45) is 5.93. The highest BCUT2D eigenvalue weighted by atomic mass is 32.2. The Kier molecular flexibility index (Phi) is 6.96. The number of hydrogen-bond acceptors (Lipinski definition) is 3. The van der Waals surface area contributed by atoms with Gasteiger partial charge in [-0.15, -0.1) is 0 Å². The second-order valence-electron chi connectivity index (χ2n) is 7.92. The SMILES string of the molecule is Cc1ccc(C)c(N(CC(=O)NCC2CCCCC2)S(=O)(=O)c2ccccc2)c1. The van der Waals surface area contributed by atoms with Crippen LogP contribution >= 0.6 is 0 Å². The summed E-state index contributed by atoms with van der Waals surface area (Å²) < 4.78 is 28.0. The Labute approximate surface area is 174 Å². The van der Waals surface area contributed by atoms with Crippen LogP contribution in [0.15, 0.2) is 53.4 Å². The lowest BCUT2D eigenvalue weighted by Gasteiger charge is -2.27. The van der Waals surface area contributed by atoms with E-state index in [1.807, 2.05) is 32.0 Å². The van der Waals surface area contributed by atoms with Crippen LogP contribution in [0, 0.1) is 19.8 Å². The molecule has 0 radical (unpaired) electrons. The summed E-state index contributed by atoms with van der Waals surface area (Å²) in [5, 5.41) is 2.97. The first-order valence-electron chi connectivity index (χ1n) is 10.3. The monoisotopic (exact) mass is 414 g/mol. The van der Waals surface area contributed by atoms with Crippen LogP contribution in [-0.4, -0.2) is 27.4 Å². The maximum Gasteiger partial charge on any atom is 0.264 e. The fourth-order valence-corrected chi connectivity index (χ4v) is 5.34. The standard InChI is InChI=1S/C23H30N2O3S/c1-18-13-14-19(2)22(15-18)25(29(27,28)21-11-7-4-8-12-21)17-23(26)24-16-20-9-5-3-6-10-20/h4,7-8,11-15,20H,3,5-6,9-10,16-17H2,1-2H3,(H,24,26). The van der Waals surface area contributed by atoms with Crippen LogP contribution in [0.25, 0.3) is 0 Å². The van der Waals surface area contributed by atoms with Crippen LogP contribution in [0.2, 0.25) is 0 Å². The Hall–Kier alpha value is -2.34. The summed E-state index contributed by atoms with van der Waals surface area (Å²) in [4.78, 5) is 12.9. The molecule has 1 N–H and O–H groups in total. The minimum absolute atomic E-state index is 0.181. The Morgan fingerprint density at radius 2 is 1.72 bits per heavy atom. The molecule has 0 aliphatic heterocycles. The molecule has 3 rings (SSSR count). The summed E-state index contributed by atoms with van der Waals surface area (Å²) in [5.74, 6) is 0.226. The maximum absolute atomic E-state index is 13.4. The number of anilines is 1. The van der Waals surface area contributed by atoms with E-state index in [0.717, 1.165) is 24.0 Å². The molecule has 0 aromatic heterocycles. The van der Waals surface area contributed by atoms with E-state index in [1.54, 1.807) is 30.3 Å². The Morgan fingerprint density at radius 3 is 2.41 bits per heavy atom. The summed E-state index contributed by atoms with van der Waals surface area (Å²) >= 11 is 0. The molecule has 5 nitrogen and oxygen atoms in total. The van der Waals surface area contributed by atoms with Crippen LogP contribution in [0.3, 0.4) is 0 Å². The van der Waals surface area contributed by atoms with E-state index in [9.17, 15) is 13.2 Å². The van der Waals surface area contributed by atoms with E-state index in [-0.39, 0.29) is 17.3 Å². The molecule has 156 valence electrons. The molecule has 0 bridgehead atoms. The molecule has 1 fully saturated rings. The number of rotatable bonds is 7. The van der Waals surface area contributed by atoms with Crippen molar-refractivity contribution in [1.82, 2.24) is 5.32 Å². The van der Waals surface area contributed by atoms with Crippen molar-refractivity contribution in [3.8, 4) is 0 Å². The molecular weight excluding hydrogens is 384 g/mol. The molecule has 6 heteroatoms. The van der Waals surface area contributed by atoms with Crippen molar-refractivity contribution in [2.24, 2.45) is 5.92 Å². The minimum atomic E-state index is -3.86. The zero-order valence-corrected chi connectivity index (χ0v) is 18.0. The first-order chi connectivity index (χ1) is 13.9. The van der Waals surface area contributed by atoms with E-state index in [0.29, 0.717) is 18.2 Å². The van der Waals surface area contributed by atoms with Crippen molar-refractivity contribution in [3.05, 3.63) is 59.7 Å². The largest absolute Gasteiger partial charge is 0.354 e. The predicted molar refractivity (Wildman–Crippen MR) is 116 cm³/mol. The third kappa shape index (κ3) is 5.38. The van der Waals surface area contributed by atoms with Crippen LogP contribution in [0.4, 0.5) is 5.69 Å². The maximum atomic E-state index is 13.4. The van der Waals surface area contributed by atoms with Crippen molar-refractivity contribution >= 4 is 21.6 Å². The molecule has 0 spiro atoms. The molecule has 0 saturated heterocycles. The molecule has 1 aliphatic carbocycles. The molecule has 2 aromatic carbocycles. The van der Waals surface area contributed by atoms with Gasteiger partial charge in [0.25, 0.3) is 10.0 Å². The van der Waals surface area contributed by atoms with Gasteiger partial charge in [-0.3, -0.25) is 9.10 Å². The second kappa shape index (κ2) is 9.44. The molecule has 0 unspecified atom stereocenters. The number of carbonyl (C=O) groups excluding carboxylic acids is 1. The second-order valence-corrected chi connectivity index (χ2v) is 9.79. The van der Waals surface area contributed by atoms with E-state index < -0.39 is 10.0 Å². The number of carbonyl (C=O) groups is 1. The first-order valence-corrected chi connectivity index (χ1v) is 11.7. The molecule has 1 amide bonds. The molecular formula is C23H30N2O3S. The summed E-state index contributed by atoms with van der Waals surface area (Å²) in [7, 11) is -3.86. The number of hydrogen-bond donors (Lipinski definition) is 1. The highest BCUT2D eigenvalue weighted by Crippen LogP contribution is 2.28. The van der Waals surface area contributed by atoms with Crippen molar-refractivity contribution in [2.45, 2.75) is 50.8 Å². The van der Waals surface area contributed by atoms with Crippen molar-refractivity contribution in [2.75, 3.05) is 17.4 Å². The van der Waals surface area contributed by atoms with E-state index in [4.69, 9.17) is 0 Å². The summed E-state index contributed by atoms with van der Waals surface area (Å²) in [5.41, 5.74) is 2.30. The molecule has 0 heterocycles. The molecule has 29 heavy (non-hydrogen) atoms. The fourth-order valence-electron chi connectivity index (χ4n) is 3.84. The van der Waals surface area contributed by atoms with Gasteiger partial charge in [0.1, 0.15) is 6.54 Å². The highest BCUT2D eigenvalue weighted by molar-refractivity contribution is 7.92. The fraction of sp³-hybridized carbons (Fsp3) is 0.435. The van der Waals surface area contributed by atoms with Gasteiger partial charge >= 0.3 is 0 Å². The predicted octanol–water partition coefficient (Wildman–Crippen LogP) is 4.20. The molecule has 2 aromatic rings. The van der Waals surface area contributed by atoms with Crippen LogP contribution in [-0.2, 0) is 14.8 Å². The van der Waals surface area contributed by atoms with Crippen molar-refractivity contribution < 1.29 is 13.2 Å². The van der Waals surface area contributed by atoms with E-state index in [2.05, 4.69) is 5.32 Å². The van der Waals surface area contributed by atoms with Crippen LogP contribution < -0.4 is 9.62 Å². The van der Waals surface area contributed by atoms with Gasteiger partial charge < -0.3 is 5.32 Å². The average molecular weight is 415 g/mol. The third-order valence-corrected chi connectivity index (χ3v) is 7.34. The minimum Gasteiger partial charge on any atom is -0.354 e. The first kappa shape index (κ1) is 21.4. The van der Waals surface area contributed by atoms with E-state index >= 15 is 0 Å². The number of nitrogens with one attached hydrogen (secondary N) is 1. The summed E-state index contributed by atoms with van der Waals surface area (Å²) in [6, 6.07) is 13.9. The molecule has 0 atom stereocenters. The van der Waals surface area contributed by atoms with Gasteiger partial charge in [-0.05, 0) is 61.9 Å². The smallest absolute Gasteiger partial charge is 0.264 e. The number of sulfonamides is 1. The van der Waals surface area contributed by atoms with Crippen LogP contribution in [0.5, 0.6) is 0 Å². The Bertz CT molecular complexity index is 936. The quantitative estimate of drug-likeness (QED) is 0.739. The van der Waals surface area contributed by atoms with Crippen molar-refractivity contribution in [1.29, 1.82) is 0 Å². The normalized spacial score (nSPS) is 15.1. The van der Waals surface area contributed by atoms with Gasteiger partial charge in [0.05, 0.1) is 10.6 Å². The number of benzene rings is 2. The van der Waals surface area contributed by atoms with Crippen LogP contribution in [0.1, 0.15) is 43.2 Å². The zero-order chi connectivity index (χ0) is 20.9. The summed E-state index contributed by atoms with van der Waals surface area (Å²) in [6.45, 7) is 4.17. The number of aryl methyl sites for hydroxylation is 2. The lowest BCUT2D eigenvalue weighted by Crippen LogP contribution is -2.42. The third-order valence-electron chi connectivity index (χ3n) is 5.56. The topological polar surface area (TPSA) is 66.5 Å². The lowest BCUT2D eigenvalue weighted by molar-refractivity contribution is -0.119. The van der Waals surface area contributed by atoms with Gasteiger partial charge in [0.2, 0.25) is 5.91 Å². The Balaban J connectivity index is 1.85. The number of nitrogens with zero attached hydrogens (tertiary/aromatic N) is 1. The zero-order valence-electron chi connectivity index (χ0n) is 17.2. The van der Waals surface area contributed by atoms with Gasteiger partial charge in [-0.25, -0.2) is 8.42 Å². The Morgan fingerprint density at radius 1 is 1.03 bits per heavy atom. The molecule has 1 aliphatic rings. The molecule has 1 saturated carbocycles. The van der Waals surface area contributed by atoms with E-state index in [1.165, 1.54) is 23.6 Å². The van der Waals surface area contributed by atoms with Gasteiger partial charge in [0, 0.05) is 6.54 Å². The highest BCUT2D eigenvalue weighted by Gasteiger charge is 2.28. The van der Waals surface area contributed by atoms with Gasteiger partial charge in [-0.2, -0.15) is 0 Å². The van der Waals surface area contributed by atoms with Crippen molar-refractivity contribution in [3.63, 3.8) is 0 Å². The lowest BCUT2D eigenvalue weighted by atomic mass is 9.89. The van der Waals surface area contributed by atoms with Gasteiger partial charge in [0.15, 0.2) is 0 Å². The number of amides is 1.